The highest BCUT2D eigenvalue weighted by Crippen LogP contribution is 2.28. The van der Waals surface area contributed by atoms with Crippen LogP contribution in [0.15, 0.2) is 72.6 Å². The number of nitrogens with one attached hydrogen (secondary N) is 3. The highest BCUT2D eigenvalue weighted by Gasteiger charge is 2.34. The fourth-order valence-corrected chi connectivity index (χ4v) is 4.42. The maximum Gasteiger partial charge on any atom is 0.272 e. The number of amides is 1. The minimum Gasteiger partial charge on any atom is -0.334 e. The van der Waals surface area contributed by atoms with Crippen molar-refractivity contribution in [1.82, 2.24) is 35.9 Å². The van der Waals surface area contributed by atoms with E-state index in [9.17, 15) is 4.79 Å². The lowest BCUT2D eigenvalue weighted by atomic mass is 9.95. The highest BCUT2D eigenvalue weighted by molar-refractivity contribution is 7.13. The van der Waals surface area contributed by atoms with Crippen LogP contribution in [-0.4, -0.2) is 31.8 Å². The zero-order valence-corrected chi connectivity index (χ0v) is 17.6. The number of benzene rings is 1. The van der Waals surface area contributed by atoms with Crippen LogP contribution in [0.2, 0.25) is 0 Å². The molecule has 3 unspecified atom stereocenters. The van der Waals surface area contributed by atoms with E-state index in [-0.39, 0.29) is 24.0 Å². The monoisotopic (exact) mass is 431 g/mol. The van der Waals surface area contributed by atoms with Crippen LogP contribution in [0.1, 0.15) is 29.0 Å². The van der Waals surface area contributed by atoms with E-state index in [2.05, 4.69) is 38.2 Å². The fourth-order valence-electron chi connectivity index (χ4n) is 3.64. The first-order valence-electron chi connectivity index (χ1n) is 9.97. The predicted octanol–water partition coefficient (Wildman–Crippen LogP) is 2.93. The predicted molar refractivity (Wildman–Crippen MR) is 118 cm³/mol. The van der Waals surface area contributed by atoms with Crippen LogP contribution in [0, 0.1) is 5.92 Å². The Morgan fingerprint density at radius 2 is 1.94 bits per heavy atom. The van der Waals surface area contributed by atoms with Gasteiger partial charge in [0.25, 0.3) is 5.91 Å². The maximum absolute atomic E-state index is 12.8. The largest absolute Gasteiger partial charge is 0.334 e. The molecule has 1 amide bonds. The summed E-state index contributed by atoms with van der Waals surface area (Å²) in [6, 6.07) is 13.9. The number of carbonyl (C=O) groups excluding carboxylic acids is 1. The summed E-state index contributed by atoms with van der Waals surface area (Å²) in [4.78, 5) is 21.4. The number of rotatable bonds is 5. The molecule has 3 N–H and O–H groups in total. The fraction of sp³-hybridized carbons (Fsp3) is 0.182. The van der Waals surface area contributed by atoms with Crippen molar-refractivity contribution >= 4 is 17.2 Å². The number of hydrazine groups is 1. The summed E-state index contributed by atoms with van der Waals surface area (Å²) in [5, 5.41) is 9.98. The Hall–Kier alpha value is -3.40. The van der Waals surface area contributed by atoms with E-state index in [0.29, 0.717) is 5.69 Å². The Bertz CT molecular complexity index is 1170. The molecule has 0 bridgehead atoms. The van der Waals surface area contributed by atoms with Crippen LogP contribution in [0.25, 0.3) is 16.3 Å². The summed E-state index contributed by atoms with van der Waals surface area (Å²) in [7, 11) is 0. The summed E-state index contributed by atoms with van der Waals surface area (Å²) in [6.07, 6.45) is 7.01. The number of carbonyl (C=O) groups is 1. The van der Waals surface area contributed by atoms with Gasteiger partial charge in [-0.25, -0.2) is 20.5 Å². The van der Waals surface area contributed by atoms with Crippen molar-refractivity contribution < 1.29 is 4.79 Å². The zero-order chi connectivity index (χ0) is 21.2. The van der Waals surface area contributed by atoms with Gasteiger partial charge in [0.1, 0.15) is 10.7 Å². The second kappa shape index (κ2) is 8.38. The van der Waals surface area contributed by atoms with Crippen LogP contribution in [-0.2, 0) is 0 Å². The summed E-state index contributed by atoms with van der Waals surface area (Å²) in [6.45, 7) is 2.09. The third kappa shape index (κ3) is 3.98. The Balaban J connectivity index is 1.26. The van der Waals surface area contributed by atoms with Crippen molar-refractivity contribution in [2.45, 2.75) is 19.1 Å². The number of nitrogens with zero attached hydrogens (tertiary/aromatic N) is 4. The zero-order valence-electron chi connectivity index (χ0n) is 16.8. The first kappa shape index (κ1) is 19.6. The third-order valence-electron chi connectivity index (χ3n) is 5.38. The number of pyridine rings is 1. The molecular formula is C22H21N7OS. The van der Waals surface area contributed by atoms with E-state index in [1.165, 1.54) is 11.3 Å². The number of hydrogen-bond donors (Lipinski definition) is 3. The lowest BCUT2D eigenvalue weighted by Crippen LogP contribution is -2.46. The molecule has 1 aromatic carbocycles. The van der Waals surface area contributed by atoms with E-state index in [0.717, 1.165) is 21.8 Å². The molecule has 3 atom stereocenters. The number of para-hydroxylation sites is 1. The van der Waals surface area contributed by atoms with Gasteiger partial charge in [-0.05, 0) is 29.8 Å². The maximum atomic E-state index is 12.8. The van der Waals surface area contributed by atoms with Crippen molar-refractivity contribution in [3.05, 3.63) is 83.9 Å². The first-order chi connectivity index (χ1) is 15.2. The third-order valence-corrected chi connectivity index (χ3v) is 6.28. The van der Waals surface area contributed by atoms with Crippen LogP contribution in [0.4, 0.5) is 0 Å². The molecular weight excluding hydrogens is 410 g/mol. The standard InChI is InChI=1S/C22H21N7OS/c1-14-19(15-7-9-23-10-8-15)27-28-20(14)26-21(30)18-13-31-22(25-18)16-11-24-29(12-16)17-5-3-2-4-6-17/h2-14,19-20,27-28H,1H3,(H,26,30). The van der Waals surface area contributed by atoms with Crippen molar-refractivity contribution in [3.8, 4) is 16.3 Å². The molecule has 1 fully saturated rings. The number of hydrogen-bond acceptors (Lipinski definition) is 7. The van der Waals surface area contributed by atoms with Gasteiger partial charge in [-0.3, -0.25) is 9.78 Å². The lowest BCUT2D eigenvalue weighted by Gasteiger charge is -2.19. The molecule has 31 heavy (non-hydrogen) atoms. The van der Waals surface area contributed by atoms with Gasteiger partial charge >= 0.3 is 0 Å². The van der Waals surface area contributed by atoms with Gasteiger partial charge in [0.05, 0.1) is 24.1 Å². The van der Waals surface area contributed by atoms with Crippen LogP contribution < -0.4 is 16.2 Å². The average molecular weight is 432 g/mol. The van der Waals surface area contributed by atoms with Crippen molar-refractivity contribution in [2.75, 3.05) is 0 Å². The van der Waals surface area contributed by atoms with Gasteiger partial charge in [-0.2, -0.15) is 5.10 Å². The molecule has 1 aliphatic rings. The normalized spacial score (nSPS) is 20.6. The molecule has 0 radical (unpaired) electrons. The molecule has 0 saturated carbocycles. The van der Waals surface area contributed by atoms with E-state index >= 15 is 0 Å². The number of thiazole rings is 1. The molecule has 3 aromatic heterocycles. The average Bonchev–Trinajstić information content (AvgIpc) is 3.55. The van der Waals surface area contributed by atoms with Crippen molar-refractivity contribution in [1.29, 1.82) is 0 Å². The number of aromatic nitrogens is 4. The van der Waals surface area contributed by atoms with Gasteiger partial charge in [-0.15, -0.1) is 11.3 Å². The van der Waals surface area contributed by atoms with Crippen molar-refractivity contribution in [2.24, 2.45) is 5.92 Å². The second-order valence-electron chi connectivity index (χ2n) is 7.40. The van der Waals surface area contributed by atoms with E-state index in [4.69, 9.17) is 0 Å². The van der Waals surface area contributed by atoms with Gasteiger partial charge < -0.3 is 5.32 Å². The topological polar surface area (TPSA) is 96.8 Å². The molecule has 1 aliphatic heterocycles. The highest BCUT2D eigenvalue weighted by atomic mass is 32.1. The van der Waals surface area contributed by atoms with Gasteiger partial charge in [-0.1, -0.05) is 25.1 Å². The van der Waals surface area contributed by atoms with E-state index in [1.54, 1.807) is 28.7 Å². The summed E-state index contributed by atoms with van der Waals surface area (Å²) < 4.78 is 1.80. The lowest BCUT2D eigenvalue weighted by molar-refractivity contribution is 0.0918. The molecule has 8 nitrogen and oxygen atoms in total. The molecule has 5 rings (SSSR count). The minimum atomic E-state index is -0.211. The van der Waals surface area contributed by atoms with Crippen LogP contribution >= 0.6 is 11.3 Å². The minimum absolute atomic E-state index is 0.0862. The van der Waals surface area contributed by atoms with Gasteiger partial charge in [0.15, 0.2) is 0 Å². The Labute approximate surface area is 183 Å². The smallest absolute Gasteiger partial charge is 0.272 e. The SMILES string of the molecule is CC1C(NC(=O)c2csc(-c3cnn(-c4ccccc4)c3)n2)NNC1c1ccncc1. The molecule has 0 spiro atoms. The summed E-state index contributed by atoms with van der Waals surface area (Å²) in [5.74, 6) is -0.0620. The van der Waals surface area contributed by atoms with E-state index < -0.39 is 0 Å². The Morgan fingerprint density at radius 1 is 1.13 bits per heavy atom. The second-order valence-corrected chi connectivity index (χ2v) is 8.26. The van der Waals surface area contributed by atoms with Crippen molar-refractivity contribution in [3.63, 3.8) is 0 Å². The molecule has 0 aliphatic carbocycles. The summed E-state index contributed by atoms with van der Waals surface area (Å²) >= 11 is 1.43. The Kier molecular flexibility index (Phi) is 5.29. The van der Waals surface area contributed by atoms with Crippen LogP contribution in [0.5, 0.6) is 0 Å². The van der Waals surface area contributed by atoms with Gasteiger partial charge in [0.2, 0.25) is 0 Å². The van der Waals surface area contributed by atoms with E-state index in [1.807, 2.05) is 48.7 Å². The molecule has 9 heteroatoms. The van der Waals surface area contributed by atoms with Gasteiger partial charge in [0, 0.05) is 35.5 Å². The Morgan fingerprint density at radius 3 is 2.74 bits per heavy atom. The quantitative estimate of drug-likeness (QED) is 0.450. The molecule has 4 heterocycles. The van der Waals surface area contributed by atoms with Crippen LogP contribution in [0.3, 0.4) is 0 Å². The first-order valence-corrected chi connectivity index (χ1v) is 10.8. The summed E-state index contributed by atoms with van der Waals surface area (Å²) in [5.41, 5.74) is 9.80. The molecule has 1 saturated heterocycles. The molecule has 4 aromatic rings. The molecule has 156 valence electrons.